The lowest BCUT2D eigenvalue weighted by Gasteiger charge is -2.33. The highest BCUT2D eigenvalue weighted by atomic mass is 15.2. The van der Waals surface area contributed by atoms with Crippen LogP contribution in [0.1, 0.15) is 45.6 Å². The van der Waals surface area contributed by atoms with Crippen molar-refractivity contribution in [2.24, 2.45) is 5.73 Å². The summed E-state index contributed by atoms with van der Waals surface area (Å²) in [5, 5.41) is 0. The molecule has 2 rings (SSSR count). The monoisotopic (exact) mass is 232 g/mol. The van der Waals surface area contributed by atoms with Crippen molar-refractivity contribution in [2.75, 3.05) is 11.4 Å². The quantitative estimate of drug-likeness (QED) is 0.849. The molecule has 1 saturated heterocycles. The Bertz CT molecular complexity index is 378. The van der Waals surface area contributed by atoms with Crippen molar-refractivity contribution in [1.29, 1.82) is 0 Å². The van der Waals surface area contributed by atoms with Crippen LogP contribution < -0.4 is 10.6 Å². The Kier molecular flexibility index (Phi) is 3.17. The van der Waals surface area contributed by atoms with Crippen LogP contribution in [0.4, 0.5) is 5.69 Å². The zero-order valence-electron chi connectivity index (χ0n) is 11.4. The molecule has 1 aliphatic heterocycles. The molecule has 2 N–H and O–H groups in total. The van der Waals surface area contributed by atoms with Gasteiger partial charge in [-0.2, -0.15) is 0 Å². The number of hydrogen-bond donors (Lipinski definition) is 1. The summed E-state index contributed by atoms with van der Waals surface area (Å²) >= 11 is 0. The van der Waals surface area contributed by atoms with E-state index in [1.807, 2.05) is 0 Å². The van der Waals surface area contributed by atoms with E-state index < -0.39 is 0 Å². The molecular formula is C15H24N2. The van der Waals surface area contributed by atoms with E-state index in [1.165, 1.54) is 11.3 Å². The van der Waals surface area contributed by atoms with Crippen molar-refractivity contribution in [3.05, 3.63) is 29.8 Å². The first-order valence-corrected chi connectivity index (χ1v) is 6.53. The van der Waals surface area contributed by atoms with Crippen LogP contribution in [0.5, 0.6) is 0 Å². The molecule has 1 atom stereocenters. The number of nitrogens with zero attached hydrogens (tertiary/aromatic N) is 1. The average Bonchev–Trinajstić information content (AvgIpc) is 2.52. The lowest BCUT2D eigenvalue weighted by atomic mass is 9.99. The molecule has 1 aromatic carbocycles. The minimum Gasteiger partial charge on any atom is -0.365 e. The van der Waals surface area contributed by atoms with Crippen LogP contribution in [0, 0.1) is 0 Å². The molecular weight excluding hydrogens is 208 g/mol. The first-order valence-electron chi connectivity index (χ1n) is 6.53. The third-order valence-corrected chi connectivity index (χ3v) is 3.78. The number of benzene rings is 1. The summed E-state index contributed by atoms with van der Waals surface area (Å²) in [4.78, 5) is 2.43. The molecule has 2 nitrogen and oxygen atoms in total. The zero-order chi connectivity index (χ0) is 12.6. The normalized spacial score (nSPS) is 23.4. The van der Waals surface area contributed by atoms with Crippen LogP contribution in [-0.4, -0.2) is 18.1 Å². The van der Waals surface area contributed by atoms with Gasteiger partial charge in [0.15, 0.2) is 0 Å². The second-order valence-electron chi connectivity index (χ2n) is 6.13. The van der Waals surface area contributed by atoms with E-state index in [-0.39, 0.29) is 5.54 Å². The second kappa shape index (κ2) is 4.34. The van der Waals surface area contributed by atoms with E-state index in [2.05, 4.69) is 56.9 Å². The summed E-state index contributed by atoms with van der Waals surface area (Å²) in [7, 11) is 0. The predicted molar refractivity (Wildman–Crippen MR) is 74.5 cm³/mol. The minimum atomic E-state index is 0.179. The molecule has 1 aliphatic rings. The summed E-state index contributed by atoms with van der Waals surface area (Å²) in [6.07, 6.45) is 1.07. The fourth-order valence-electron chi connectivity index (χ4n) is 2.79. The summed E-state index contributed by atoms with van der Waals surface area (Å²) in [5.74, 6) is 0.595. The van der Waals surface area contributed by atoms with Crippen molar-refractivity contribution in [2.45, 2.75) is 51.6 Å². The molecule has 0 spiro atoms. The van der Waals surface area contributed by atoms with Gasteiger partial charge in [-0.25, -0.2) is 0 Å². The SMILES string of the molecule is CC(C)c1ccc(N2CC(N)CC2(C)C)cc1. The molecule has 0 aliphatic carbocycles. The van der Waals surface area contributed by atoms with Gasteiger partial charge in [-0.1, -0.05) is 26.0 Å². The molecule has 0 amide bonds. The fraction of sp³-hybridized carbons (Fsp3) is 0.600. The Hall–Kier alpha value is -1.02. The van der Waals surface area contributed by atoms with Gasteiger partial charge in [-0.05, 0) is 43.9 Å². The standard InChI is InChI=1S/C15H24N2/c1-11(2)12-5-7-14(8-6-12)17-10-13(16)9-15(17,3)4/h5-8,11,13H,9-10,16H2,1-4H3. The van der Waals surface area contributed by atoms with Gasteiger partial charge in [-0.15, -0.1) is 0 Å². The molecule has 2 heteroatoms. The van der Waals surface area contributed by atoms with Gasteiger partial charge in [0.2, 0.25) is 0 Å². The van der Waals surface area contributed by atoms with E-state index in [0.717, 1.165) is 13.0 Å². The maximum absolute atomic E-state index is 6.07. The average molecular weight is 232 g/mol. The van der Waals surface area contributed by atoms with Gasteiger partial charge < -0.3 is 10.6 Å². The Morgan fingerprint density at radius 2 is 1.82 bits per heavy atom. The fourth-order valence-corrected chi connectivity index (χ4v) is 2.79. The van der Waals surface area contributed by atoms with Crippen LogP contribution >= 0.6 is 0 Å². The van der Waals surface area contributed by atoms with Crippen LogP contribution in [-0.2, 0) is 0 Å². The maximum Gasteiger partial charge on any atom is 0.0371 e. The van der Waals surface area contributed by atoms with Crippen molar-refractivity contribution in [1.82, 2.24) is 0 Å². The highest BCUT2D eigenvalue weighted by molar-refractivity contribution is 5.52. The second-order valence-corrected chi connectivity index (χ2v) is 6.13. The highest BCUT2D eigenvalue weighted by Gasteiger charge is 2.36. The molecule has 1 unspecified atom stereocenters. The lowest BCUT2D eigenvalue weighted by Crippen LogP contribution is -2.38. The topological polar surface area (TPSA) is 29.3 Å². The Labute approximate surface area is 105 Å². The maximum atomic E-state index is 6.07. The van der Waals surface area contributed by atoms with Gasteiger partial charge in [0.05, 0.1) is 0 Å². The molecule has 1 heterocycles. The van der Waals surface area contributed by atoms with E-state index in [4.69, 9.17) is 5.73 Å². The first kappa shape index (κ1) is 12.4. The van der Waals surface area contributed by atoms with Crippen molar-refractivity contribution in [3.63, 3.8) is 0 Å². The number of anilines is 1. The molecule has 94 valence electrons. The van der Waals surface area contributed by atoms with Crippen LogP contribution in [0.3, 0.4) is 0 Å². The summed E-state index contributed by atoms with van der Waals surface area (Å²) in [6, 6.07) is 9.24. The third kappa shape index (κ3) is 2.47. The van der Waals surface area contributed by atoms with Crippen molar-refractivity contribution in [3.8, 4) is 0 Å². The molecule has 17 heavy (non-hydrogen) atoms. The Morgan fingerprint density at radius 1 is 1.24 bits per heavy atom. The van der Waals surface area contributed by atoms with Crippen LogP contribution in [0.2, 0.25) is 0 Å². The summed E-state index contributed by atoms with van der Waals surface area (Å²) in [6.45, 7) is 9.97. The third-order valence-electron chi connectivity index (χ3n) is 3.78. The van der Waals surface area contributed by atoms with E-state index in [9.17, 15) is 0 Å². The van der Waals surface area contributed by atoms with Crippen LogP contribution in [0.25, 0.3) is 0 Å². The molecule has 1 aromatic rings. The van der Waals surface area contributed by atoms with Gasteiger partial charge in [0, 0.05) is 23.8 Å². The Morgan fingerprint density at radius 3 is 2.24 bits per heavy atom. The summed E-state index contributed by atoms with van der Waals surface area (Å²) < 4.78 is 0. The van der Waals surface area contributed by atoms with Gasteiger partial charge in [0.1, 0.15) is 0 Å². The minimum absolute atomic E-state index is 0.179. The predicted octanol–water partition coefficient (Wildman–Crippen LogP) is 3.13. The molecule has 0 saturated carbocycles. The van der Waals surface area contributed by atoms with Gasteiger partial charge in [-0.3, -0.25) is 0 Å². The van der Waals surface area contributed by atoms with Crippen LogP contribution in [0.15, 0.2) is 24.3 Å². The highest BCUT2D eigenvalue weighted by Crippen LogP contribution is 2.33. The smallest absolute Gasteiger partial charge is 0.0371 e. The number of hydrogen-bond acceptors (Lipinski definition) is 2. The molecule has 0 radical (unpaired) electrons. The Balaban J connectivity index is 2.23. The largest absolute Gasteiger partial charge is 0.365 e. The van der Waals surface area contributed by atoms with E-state index in [1.54, 1.807) is 0 Å². The van der Waals surface area contributed by atoms with E-state index >= 15 is 0 Å². The number of nitrogens with two attached hydrogens (primary N) is 1. The first-order chi connectivity index (χ1) is 7.90. The summed E-state index contributed by atoms with van der Waals surface area (Å²) in [5.41, 5.74) is 8.95. The molecule has 1 fully saturated rings. The molecule has 0 bridgehead atoms. The molecule has 0 aromatic heterocycles. The zero-order valence-corrected chi connectivity index (χ0v) is 11.4. The van der Waals surface area contributed by atoms with Crippen molar-refractivity contribution >= 4 is 5.69 Å². The van der Waals surface area contributed by atoms with Gasteiger partial charge >= 0.3 is 0 Å². The van der Waals surface area contributed by atoms with Gasteiger partial charge in [0.25, 0.3) is 0 Å². The lowest BCUT2D eigenvalue weighted by molar-refractivity contribution is 0.506. The van der Waals surface area contributed by atoms with E-state index in [0.29, 0.717) is 12.0 Å². The van der Waals surface area contributed by atoms with Crippen molar-refractivity contribution < 1.29 is 0 Å². The number of rotatable bonds is 2.